The van der Waals surface area contributed by atoms with Gasteiger partial charge in [-0.05, 0) is 80.8 Å². The van der Waals surface area contributed by atoms with E-state index < -0.39 is 34.6 Å². The van der Waals surface area contributed by atoms with Crippen LogP contribution in [0.1, 0.15) is 54.7 Å². The van der Waals surface area contributed by atoms with E-state index >= 15 is 0 Å². The summed E-state index contributed by atoms with van der Waals surface area (Å²) in [6, 6.07) is 15.4. The molecule has 0 bridgehead atoms. The Morgan fingerprint density at radius 1 is 1.07 bits per heavy atom. The summed E-state index contributed by atoms with van der Waals surface area (Å²) in [5.41, 5.74) is 2.92. The van der Waals surface area contributed by atoms with Crippen molar-refractivity contribution in [2.45, 2.75) is 65.1 Å². The highest BCUT2D eigenvalue weighted by Gasteiger charge is 2.32. The van der Waals surface area contributed by atoms with E-state index in [0.29, 0.717) is 41.2 Å². The number of rotatable bonds is 13. The maximum atomic E-state index is 12.4. The van der Waals surface area contributed by atoms with Gasteiger partial charge in [-0.15, -0.1) is 5.11 Å². The number of aliphatic hydroxyl groups excluding tert-OH is 2. The molecule has 5 rings (SSSR count). The average molecular weight is 752 g/mol. The second kappa shape index (κ2) is 18.1. The molecular weight excluding hydrogens is 710 g/mol. The molecule has 1 aliphatic rings. The Hall–Kier alpha value is -6.35. The minimum atomic E-state index is -0.726. The minimum Gasteiger partial charge on any atom is -0.392 e. The normalized spacial score (nSPS) is 16.7. The van der Waals surface area contributed by atoms with Crippen LogP contribution in [0.5, 0.6) is 0 Å². The largest absolute Gasteiger partial charge is 0.392 e. The Balaban J connectivity index is 1.10. The second-order valence-electron chi connectivity index (χ2n) is 13.0. The lowest BCUT2D eigenvalue weighted by Crippen LogP contribution is -2.33. The smallest absolute Gasteiger partial charge is 0.330 e. The zero-order valence-electron chi connectivity index (χ0n) is 30.7. The van der Waals surface area contributed by atoms with Crippen molar-refractivity contribution in [2.75, 3.05) is 25.0 Å². The Morgan fingerprint density at radius 2 is 1.80 bits per heavy atom. The Morgan fingerprint density at radius 3 is 2.49 bits per heavy atom. The van der Waals surface area contributed by atoms with Crippen LogP contribution in [0.3, 0.4) is 0 Å². The molecule has 286 valence electrons. The Kier molecular flexibility index (Phi) is 13.1. The van der Waals surface area contributed by atoms with E-state index in [4.69, 9.17) is 4.74 Å². The number of carbonyl (C=O) groups excluding carboxylic acids is 1. The third kappa shape index (κ3) is 10.4. The highest BCUT2D eigenvalue weighted by molar-refractivity contribution is 5.76. The molecule has 4 aromatic rings. The van der Waals surface area contributed by atoms with E-state index in [1.54, 1.807) is 51.1 Å². The number of anilines is 1. The quantitative estimate of drug-likeness (QED) is 0.0589. The number of aryl methyl sites for hydroxylation is 2. The van der Waals surface area contributed by atoms with Gasteiger partial charge >= 0.3 is 5.69 Å². The number of amides is 1. The van der Waals surface area contributed by atoms with Crippen LogP contribution < -0.4 is 21.5 Å². The molecule has 0 saturated carbocycles. The average Bonchev–Trinajstić information content (AvgIpc) is 3.49. The van der Waals surface area contributed by atoms with Crippen LogP contribution in [0, 0.1) is 35.8 Å². The molecule has 0 radical (unpaired) electrons. The van der Waals surface area contributed by atoms with Crippen LogP contribution in [0.4, 0.5) is 34.1 Å². The third-order valence-electron chi connectivity index (χ3n) is 8.85. The van der Waals surface area contributed by atoms with Gasteiger partial charge in [0.2, 0.25) is 5.91 Å². The van der Waals surface area contributed by atoms with Crippen LogP contribution in [-0.2, 0) is 16.1 Å². The number of carbonyl (C=O) groups is 1. The van der Waals surface area contributed by atoms with Crippen LogP contribution in [0.15, 0.2) is 90.8 Å². The molecular formula is C38H41N9O8. The fourth-order valence-corrected chi connectivity index (χ4v) is 5.65. The van der Waals surface area contributed by atoms with Crippen molar-refractivity contribution in [3.05, 3.63) is 114 Å². The molecule has 1 saturated heterocycles. The Bertz CT molecular complexity index is 2280. The third-order valence-corrected chi connectivity index (χ3v) is 8.85. The number of H-pyrrole nitrogens is 1. The summed E-state index contributed by atoms with van der Waals surface area (Å²) < 4.78 is 6.79. The van der Waals surface area contributed by atoms with Gasteiger partial charge in [0.15, 0.2) is 5.69 Å². The van der Waals surface area contributed by atoms with E-state index in [1.807, 2.05) is 24.1 Å². The first-order chi connectivity index (χ1) is 26.3. The zero-order valence-corrected chi connectivity index (χ0v) is 30.7. The van der Waals surface area contributed by atoms with E-state index in [0.717, 1.165) is 11.3 Å². The summed E-state index contributed by atoms with van der Waals surface area (Å²) in [4.78, 5) is 52.0. The number of aliphatic hydroxyl groups is 2. The van der Waals surface area contributed by atoms with Gasteiger partial charge in [-0.25, -0.2) is 4.79 Å². The molecule has 17 nitrogen and oxygen atoms in total. The highest BCUT2D eigenvalue weighted by atomic mass is 16.6. The van der Waals surface area contributed by atoms with Gasteiger partial charge in [-0.3, -0.25) is 29.3 Å². The summed E-state index contributed by atoms with van der Waals surface area (Å²) in [5, 5.41) is 51.0. The van der Waals surface area contributed by atoms with E-state index in [2.05, 4.69) is 42.6 Å². The molecule has 55 heavy (non-hydrogen) atoms. The van der Waals surface area contributed by atoms with E-state index in [-0.39, 0.29) is 48.8 Å². The number of hydrogen-bond acceptors (Lipinski definition) is 13. The molecule has 2 heterocycles. The number of nitrogens with zero attached hydrogens (tertiary/aromatic N) is 7. The monoisotopic (exact) mass is 751 g/mol. The lowest BCUT2D eigenvalue weighted by molar-refractivity contribution is -0.384. The molecule has 3 unspecified atom stereocenters. The number of benzene rings is 3. The molecule has 1 aliphatic heterocycles. The second-order valence-corrected chi connectivity index (χ2v) is 13.0. The lowest BCUT2D eigenvalue weighted by atomic mass is 10.1. The van der Waals surface area contributed by atoms with Gasteiger partial charge in [0.1, 0.15) is 11.8 Å². The molecule has 1 aromatic heterocycles. The number of nitro benzene ring substituents is 1. The van der Waals surface area contributed by atoms with Gasteiger partial charge in [0, 0.05) is 49.9 Å². The van der Waals surface area contributed by atoms with E-state index in [9.17, 15) is 34.7 Å². The topological polar surface area (TPSA) is 229 Å². The number of nitrogens with one attached hydrogen (secondary N) is 2. The summed E-state index contributed by atoms with van der Waals surface area (Å²) >= 11 is 0. The lowest BCUT2D eigenvalue weighted by Gasteiger charge is -2.19. The first-order valence-electron chi connectivity index (χ1n) is 17.4. The van der Waals surface area contributed by atoms with Crippen molar-refractivity contribution in [2.24, 2.45) is 20.5 Å². The summed E-state index contributed by atoms with van der Waals surface area (Å²) in [6.45, 7) is 5.50. The molecule has 1 fully saturated rings. The van der Waals surface area contributed by atoms with Crippen LogP contribution in [0.2, 0.25) is 0 Å². The maximum Gasteiger partial charge on any atom is 0.330 e. The van der Waals surface area contributed by atoms with Gasteiger partial charge in [-0.2, -0.15) is 15.3 Å². The van der Waals surface area contributed by atoms with Crippen molar-refractivity contribution >= 4 is 40.0 Å². The SMILES string of the molecule is Cc1ccc(N=Nc2cc(CO)c(N=Nc3ccc(N(C)CCCC(=O)NCC#Cc4cn(C5CC(O)C(C)O5)c(=O)[nH]c4=O)cc3)cc2C)c([N+](=O)[O-])c1. The predicted molar refractivity (Wildman–Crippen MR) is 204 cm³/mol. The van der Waals surface area contributed by atoms with Gasteiger partial charge < -0.3 is 25.2 Å². The van der Waals surface area contributed by atoms with E-state index in [1.165, 1.54) is 22.9 Å². The van der Waals surface area contributed by atoms with Gasteiger partial charge in [0.25, 0.3) is 11.2 Å². The molecule has 0 aliphatic carbocycles. The fraction of sp³-hybridized carbons (Fsp3) is 0.342. The summed E-state index contributed by atoms with van der Waals surface area (Å²) in [5.74, 6) is 5.21. The first-order valence-corrected chi connectivity index (χ1v) is 17.4. The number of aromatic amines is 1. The fourth-order valence-electron chi connectivity index (χ4n) is 5.65. The van der Waals surface area contributed by atoms with Crippen LogP contribution in [-0.4, -0.2) is 62.9 Å². The molecule has 4 N–H and O–H groups in total. The van der Waals surface area contributed by atoms with Crippen molar-refractivity contribution in [3.63, 3.8) is 0 Å². The number of hydrogen-bond donors (Lipinski definition) is 4. The van der Waals surface area contributed by atoms with Crippen molar-refractivity contribution < 1.29 is 24.7 Å². The van der Waals surface area contributed by atoms with Crippen molar-refractivity contribution in [1.29, 1.82) is 0 Å². The molecule has 3 atom stereocenters. The summed E-state index contributed by atoms with van der Waals surface area (Å²) in [6.07, 6.45) is 0.428. The Labute approximate surface area is 315 Å². The van der Waals surface area contributed by atoms with Gasteiger partial charge in [-0.1, -0.05) is 17.9 Å². The maximum absolute atomic E-state index is 12.4. The number of azo groups is 2. The minimum absolute atomic E-state index is 0.00830. The number of aromatic nitrogens is 2. The summed E-state index contributed by atoms with van der Waals surface area (Å²) in [7, 11) is 1.90. The predicted octanol–water partition coefficient (Wildman–Crippen LogP) is 5.44. The van der Waals surface area contributed by atoms with Crippen LogP contribution in [0.25, 0.3) is 0 Å². The number of nitro groups is 1. The molecule has 0 spiro atoms. The van der Waals surface area contributed by atoms with Crippen molar-refractivity contribution in [1.82, 2.24) is 14.9 Å². The molecule has 3 aromatic carbocycles. The number of ether oxygens (including phenoxy) is 1. The molecule has 17 heteroatoms. The first kappa shape index (κ1) is 39.8. The zero-order chi connectivity index (χ0) is 39.6. The van der Waals surface area contributed by atoms with Crippen molar-refractivity contribution in [3.8, 4) is 11.8 Å². The highest BCUT2D eigenvalue weighted by Crippen LogP contribution is 2.34. The van der Waals surface area contributed by atoms with Gasteiger partial charge in [0.05, 0.1) is 47.3 Å². The van der Waals surface area contributed by atoms with Crippen LogP contribution >= 0.6 is 0 Å². The standard InChI is InChI=1S/C38H41N9O8/c1-23-9-14-30(33(17-23)47(53)54)42-43-31-19-27(22-48)32(18-24(31)2)44-41-28-10-12-29(13-11-28)45(4)16-6-8-35(50)39-15-5-7-26-21-46(38(52)40-37(26)51)36-20-34(49)25(3)55-36/h9-14,17-19,21,25,34,36,48-49H,6,8,15-16,20,22H2,1-4H3,(H,39,50)(H,40,51,52). The molecule has 1 amide bonds.